The van der Waals surface area contributed by atoms with E-state index in [1.165, 1.54) is 42.3 Å². The molecule has 0 spiro atoms. The molecule has 0 saturated carbocycles. The molecule has 0 unspecified atom stereocenters. The molecule has 2 heteroatoms. The summed E-state index contributed by atoms with van der Waals surface area (Å²) in [4.78, 5) is 0. The fourth-order valence-electron chi connectivity index (χ4n) is 2.67. The molecule has 0 bridgehead atoms. The minimum Gasteiger partial charge on any atom is -0.0683 e. The van der Waals surface area contributed by atoms with Gasteiger partial charge in [0.05, 0.1) is 0 Å². The summed E-state index contributed by atoms with van der Waals surface area (Å²) in [6.07, 6.45) is 1.05. The summed E-state index contributed by atoms with van der Waals surface area (Å²) in [6, 6.07) is 8.98. The van der Waals surface area contributed by atoms with Gasteiger partial charge in [0.2, 0.25) is 0 Å². The molecule has 1 aliphatic rings. The van der Waals surface area contributed by atoms with E-state index >= 15 is 0 Å². The highest BCUT2D eigenvalue weighted by Crippen LogP contribution is 2.45. The molecule has 0 saturated heterocycles. The topological polar surface area (TPSA) is 0 Å². The van der Waals surface area contributed by atoms with Crippen molar-refractivity contribution in [2.75, 3.05) is 0 Å². The van der Waals surface area contributed by atoms with Crippen molar-refractivity contribution in [2.24, 2.45) is 0 Å². The van der Waals surface area contributed by atoms with Gasteiger partial charge in [-0.3, -0.25) is 0 Å². The van der Waals surface area contributed by atoms with Crippen LogP contribution >= 0.6 is 31.9 Å². The molecule has 0 aromatic heterocycles. The maximum atomic E-state index is 3.70. The smallest absolute Gasteiger partial charge is 0.0259 e. The largest absolute Gasteiger partial charge is 0.0683 e. The molecule has 0 nitrogen and oxygen atoms in total. The molecule has 0 fully saturated rings. The Morgan fingerprint density at radius 2 is 1.00 bits per heavy atom. The fraction of sp³-hybridized carbons (Fsp3) is 0.368. The molecule has 0 atom stereocenters. The third kappa shape index (κ3) is 3.78. The maximum absolute atomic E-state index is 3.70. The van der Waals surface area contributed by atoms with E-state index in [4.69, 9.17) is 0 Å². The van der Waals surface area contributed by atoms with Gasteiger partial charge in [-0.05, 0) is 54.7 Å². The quantitative estimate of drug-likeness (QED) is 0.360. The first-order valence-corrected chi connectivity index (χ1v) is 9.23. The average Bonchev–Trinajstić information content (AvgIpc) is 2.81. The Hall–Kier alpha value is -0.600. The number of rotatable bonds is 0. The molecule has 114 valence electrons. The minimum atomic E-state index is 1.05. The molecule has 0 N–H and O–H groups in total. The number of benzene rings is 2. The van der Waals surface area contributed by atoms with Crippen LogP contribution in [0.15, 0.2) is 33.2 Å². The third-order valence-corrected chi connectivity index (χ3v) is 4.51. The van der Waals surface area contributed by atoms with Crippen molar-refractivity contribution in [1.82, 2.24) is 0 Å². The molecular formula is C19H24Br2. The first-order valence-electron chi connectivity index (χ1n) is 7.64. The second-order valence-corrected chi connectivity index (χ2v) is 6.45. The van der Waals surface area contributed by atoms with E-state index in [0.29, 0.717) is 0 Å². The Kier molecular flexibility index (Phi) is 7.15. The van der Waals surface area contributed by atoms with Crippen LogP contribution in [0.5, 0.6) is 0 Å². The fourth-order valence-corrected chi connectivity index (χ4v) is 4.30. The molecule has 0 amide bonds. The third-order valence-electron chi connectivity index (χ3n) is 3.26. The standard InChI is InChI=1S/C15H12Br2.2C2H6/c1-8-3-10-7-11-4-9(2)6-13(17)15(11)14(10)12(16)5-8;2*1-2/h3-6H,7H2,1-2H3;2*1-2H3. The van der Waals surface area contributed by atoms with Gasteiger partial charge in [-0.15, -0.1) is 0 Å². The lowest BCUT2D eigenvalue weighted by atomic mass is 10.0. The zero-order valence-electron chi connectivity index (χ0n) is 13.8. The van der Waals surface area contributed by atoms with Gasteiger partial charge < -0.3 is 0 Å². The van der Waals surface area contributed by atoms with Crippen LogP contribution in [0.1, 0.15) is 49.9 Å². The van der Waals surface area contributed by atoms with Crippen LogP contribution in [0, 0.1) is 13.8 Å². The number of fused-ring (bicyclic) bond motifs is 3. The summed E-state index contributed by atoms with van der Waals surface area (Å²) in [7, 11) is 0. The second-order valence-electron chi connectivity index (χ2n) is 4.74. The van der Waals surface area contributed by atoms with E-state index in [9.17, 15) is 0 Å². The first-order chi connectivity index (χ1) is 10.1. The molecule has 0 aliphatic heterocycles. The summed E-state index contributed by atoms with van der Waals surface area (Å²) >= 11 is 7.40. The van der Waals surface area contributed by atoms with Crippen molar-refractivity contribution in [3.8, 4) is 11.1 Å². The highest BCUT2D eigenvalue weighted by Gasteiger charge is 2.23. The molecule has 2 aromatic carbocycles. The summed E-state index contributed by atoms with van der Waals surface area (Å²) in [6.45, 7) is 12.3. The molecule has 21 heavy (non-hydrogen) atoms. The van der Waals surface area contributed by atoms with Gasteiger partial charge in [0, 0.05) is 20.1 Å². The molecule has 1 aliphatic carbocycles. The second kappa shape index (κ2) is 8.14. The molecular weight excluding hydrogens is 388 g/mol. The molecule has 0 heterocycles. The van der Waals surface area contributed by atoms with Gasteiger partial charge in [-0.25, -0.2) is 0 Å². The predicted molar refractivity (Wildman–Crippen MR) is 102 cm³/mol. The molecule has 3 rings (SSSR count). The van der Waals surface area contributed by atoms with Crippen molar-refractivity contribution in [3.63, 3.8) is 0 Å². The van der Waals surface area contributed by atoms with Crippen LogP contribution in [-0.2, 0) is 6.42 Å². The van der Waals surface area contributed by atoms with E-state index in [-0.39, 0.29) is 0 Å². The van der Waals surface area contributed by atoms with Crippen LogP contribution in [-0.4, -0.2) is 0 Å². The maximum Gasteiger partial charge on any atom is 0.0259 e. The summed E-state index contributed by atoms with van der Waals surface area (Å²) in [5.74, 6) is 0. The average molecular weight is 412 g/mol. The van der Waals surface area contributed by atoms with Crippen molar-refractivity contribution < 1.29 is 0 Å². The lowest BCUT2D eigenvalue weighted by Gasteiger charge is -2.08. The van der Waals surface area contributed by atoms with Gasteiger partial charge in [0.1, 0.15) is 0 Å². The van der Waals surface area contributed by atoms with Gasteiger partial charge in [-0.2, -0.15) is 0 Å². The van der Waals surface area contributed by atoms with Crippen molar-refractivity contribution in [3.05, 3.63) is 55.5 Å². The summed E-state index contributed by atoms with van der Waals surface area (Å²) in [5.41, 5.74) is 8.21. The van der Waals surface area contributed by atoms with E-state index in [0.717, 1.165) is 6.42 Å². The minimum absolute atomic E-state index is 1.05. The number of hydrogen-bond donors (Lipinski definition) is 0. The van der Waals surface area contributed by atoms with Gasteiger partial charge >= 0.3 is 0 Å². The predicted octanol–water partition coefficient (Wildman–Crippen LogP) is 7.45. The Bertz CT molecular complexity index is 572. The Morgan fingerprint density at radius 3 is 1.33 bits per heavy atom. The van der Waals surface area contributed by atoms with E-state index in [2.05, 4.69) is 70.0 Å². The van der Waals surface area contributed by atoms with Crippen LogP contribution in [0.25, 0.3) is 11.1 Å². The van der Waals surface area contributed by atoms with Crippen molar-refractivity contribution in [1.29, 1.82) is 0 Å². The van der Waals surface area contributed by atoms with Gasteiger partial charge in [0.25, 0.3) is 0 Å². The van der Waals surface area contributed by atoms with Gasteiger partial charge in [-0.1, -0.05) is 71.7 Å². The van der Waals surface area contributed by atoms with Crippen LogP contribution in [0.4, 0.5) is 0 Å². The van der Waals surface area contributed by atoms with Crippen LogP contribution in [0.2, 0.25) is 0 Å². The Balaban J connectivity index is 0.000000510. The SMILES string of the molecule is CC.CC.Cc1cc(Br)c2c(c1)Cc1cc(C)cc(Br)c1-2. The lowest BCUT2D eigenvalue weighted by molar-refractivity contribution is 1.23. The van der Waals surface area contributed by atoms with Crippen molar-refractivity contribution >= 4 is 31.9 Å². The van der Waals surface area contributed by atoms with E-state index in [1.54, 1.807) is 0 Å². The molecule has 2 aromatic rings. The van der Waals surface area contributed by atoms with Crippen LogP contribution < -0.4 is 0 Å². The monoisotopic (exact) mass is 410 g/mol. The highest BCUT2D eigenvalue weighted by molar-refractivity contribution is 9.11. The van der Waals surface area contributed by atoms with E-state index in [1.807, 2.05) is 27.7 Å². The normalized spacial score (nSPS) is 10.7. The zero-order chi connectivity index (χ0) is 16.2. The number of halogens is 2. The van der Waals surface area contributed by atoms with Crippen molar-refractivity contribution in [2.45, 2.75) is 48.0 Å². The summed E-state index contributed by atoms with van der Waals surface area (Å²) < 4.78 is 2.41. The zero-order valence-corrected chi connectivity index (χ0v) is 16.9. The van der Waals surface area contributed by atoms with Crippen LogP contribution in [0.3, 0.4) is 0 Å². The molecule has 0 radical (unpaired) electrons. The van der Waals surface area contributed by atoms with E-state index < -0.39 is 0 Å². The lowest BCUT2D eigenvalue weighted by Crippen LogP contribution is -1.84. The first kappa shape index (κ1) is 18.4. The Morgan fingerprint density at radius 1 is 0.667 bits per heavy atom. The van der Waals surface area contributed by atoms with Gasteiger partial charge in [0.15, 0.2) is 0 Å². The highest BCUT2D eigenvalue weighted by atomic mass is 79.9. The number of aryl methyl sites for hydroxylation is 2. The summed E-state index contributed by atoms with van der Waals surface area (Å²) in [5, 5.41) is 0. The Labute approximate surface area is 146 Å². The number of hydrogen-bond acceptors (Lipinski definition) is 0.